The minimum absolute atomic E-state index is 0.0569. The number of aryl methyl sites for hydroxylation is 1. The van der Waals surface area contributed by atoms with Gasteiger partial charge in [-0.15, -0.1) is 0 Å². The molecule has 0 bridgehead atoms. The van der Waals surface area contributed by atoms with Gasteiger partial charge in [-0.25, -0.2) is 4.98 Å². The van der Waals surface area contributed by atoms with Crippen LogP contribution in [0.4, 0.5) is 0 Å². The number of hydrogen-bond donors (Lipinski definition) is 1. The molecule has 1 aliphatic heterocycles. The Morgan fingerprint density at radius 3 is 2.60 bits per heavy atom. The van der Waals surface area contributed by atoms with E-state index in [2.05, 4.69) is 64.3 Å². The number of benzene rings is 2. The lowest BCUT2D eigenvalue weighted by molar-refractivity contribution is -0.124. The minimum Gasteiger partial charge on any atom is -0.382 e. The van der Waals surface area contributed by atoms with E-state index < -0.39 is 0 Å². The van der Waals surface area contributed by atoms with Crippen LogP contribution in [0.3, 0.4) is 0 Å². The Morgan fingerprint density at radius 1 is 1.11 bits per heavy atom. The van der Waals surface area contributed by atoms with Crippen molar-refractivity contribution >= 4 is 16.9 Å². The summed E-state index contributed by atoms with van der Waals surface area (Å²) >= 11 is 0. The summed E-state index contributed by atoms with van der Waals surface area (Å²) < 4.78 is 14.0. The molecule has 0 radical (unpaired) electrons. The van der Waals surface area contributed by atoms with E-state index in [1.54, 1.807) is 7.11 Å². The zero-order valence-corrected chi connectivity index (χ0v) is 21.0. The van der Waals surface area contributed by atoms with Crippen molar-refractivity contribution in [3.05, 3.63) is 65.5 Å². The number of fused-ring (bicyclic) bond motifs is 3. The van der Waals surface area contributed by atoms with Crippen molar-refractivity contribution in [3.8, 4) is 0 Å². The van der Waals surface area contributed by atoms with Crippen molar-refractivity contribution in [2.24, 2.45) is 7.05 Å². The fourth-order valence-corrected chi connectivity index (χ4v) is 6.00. The van der Waals surface area contributed by atoms with Crippen molar-refractivity contribution in [1.29, 1.82) is 0 Å². The van der Waals surface area contributed by atoms with Crippen LogP contribution in [-0.2, 0) is 33.3 Å². The Bertz CT molecular complexity index is 1180. The number of methoxy groups -OCH3 is 1. The van der Waals surface area contributed by atoms with Crippen LogP contribution in [-0.4, -0.2) is 59.9 Å². The number of amides is 1. The summed E-state index contributed by atoms with van der Waals surface area (Å²) in [6.45, 7) is 5.68. The van der Waals surface area contributed by atoms with E-state index in [1.807, 2.05) is 13.0 Å². The van der Waals surface area contributed by atoms with Crippen LogP contribution in [0.2, 0.25) is 0 Å². The van der Waals surface area contributed by atoms with Crippen LogP contribution >= 0.6 is 0 Å². The number of nitrogens with one attached hydrogen (secondary N) is 1. The summed E-state index contributed by atoms with van der Waals surface area (Å²) in [4.78, 5) is 19.9. The molecule has 35 heavy (non-hydrogen) atoms. The molecule has 7 heteroatoms. The Hall–Kier alpha value is -2.74. The number of piperidine rings is 1. The monoisotopic (exact) mass is 476 g/mol. The molecule has 2 aliphatic rings. The summed E-state index contributed by atoms with van der Waals surface area (Å²) in [5.74, 6) is 1.15. The maximum absolute atomic E-state index is 12.5. The van der Waals surface area contributed by atoms with Gasteiger partial charge in [0.2, 0.25) is 5.91 Å². The average Bonchev–Trinajstić information content (AvgIpc) is 3.33. The first kappa shape index (κ1) is 24.0. The van der Waals surface area contributed by atoms with Crippen LogP contribution in [0.15, 0.2) is 48.5 Å². The van der Waals surface area contributed by atoms with E-state index in [1.165, 1.54) is 16.6 Å². The van der Waals surface area contributed by atoms with Gasteiger partial charge in [0, 0.05) is 26.0 Å². The third-order valence-electron chi connectivity index (χ3n) is 7.90. The zero-order chi connectivity index (χ0) is 24.4. The summed E-state index contributed by atoms with van der Waals surface area (Å²) in [6, 6.07) is 16.7. The molecule has 1 N–H and O–H groups in total. The van der Waals surface area contributed by atoms with Crippen LogP contribution in [0, 0.1) is 0 Å². The highest BCUT2D eigenvalue weighted by molar-refractivity contribution is 5.77. The molecule has 1 spiro atoms. The number of carbonyl (C=O) groups is 1. The quantitative estimate of drug-likeness (QED) is 0.502. The maximum atomic E-state index is 12.5. The Labute approximate surface area is 207 Å². The number of imidazole rings is 1. The van der Waals surface area contributed by atoms with Crippen molar-refractivity contribution in [2.45, 2.75) is 50.3 Å². The second-order valence-electron chi connectivity index (χ2n) is 9.78. The number of carbonyl (C=O) groups excluding carboxylic acids is 1. The van der Waals surface area contributed by atoms with Gasteiger partial charge in [-0.2, -0.15) is 0 Å². The van der Waals surface area contributed by atoms with E-state index in [0.717, 1.165) is 43.8 Å². The molecule has 1 fully saturated rings. The van der Waals surface area contributed by atoms with E-state index >= 15 is 0 Å². The summed E-state index contributed by atoms with van der Waals surface area (Å²) in [5.41, 5.74) is 4.61. The molecule has 186 valence electrons. The number of ether oxygens (including phenoxy) is 2. The molecule has 1 aliphatic carbocycles. The lowest BCUT2D eigenvalue weighted by Gasteiger charge is -2.44. The second-order valence-corrected chi connectivity index (χ2v) is 9.78. The number of likely N-dealkylation sites (tertiary alicyclic amines) is 1. The van der Waals surface area contributed by atoms with E-state index in [4.69, 9.17) is 14.5 Å². The fourth-order valence-electron chi connectivity index (χ4n) is 6.00. The fraction of sp³-hybridized carbons (Fsp3) is 0.500. The molecule has 1 aromatic heterocycles. The predicted molar refractivity (Wildman–Crippen MR) is 136 cm³/mol. The Morgan fingerprint density at radius 2 is 1.86 bits per heavy atom. The molecular weight excluding hydrogens is 440 g/mol. The van der Waals surface area contributed by atoms with E-state index in [9.17, 15) is 4.79 Å². The van der Waals surface area contributed by atoms with Gasteiger partial charge in [-0.05, 0) is 49.2 Å². The topological polar surface area (TPSA) is 68.6 Å². The molecule has 3 aromatic rings. The first-order valence-corrected chi connectivity index (χ1v) is 12.7. The average molecular weight is 477 g/mol. The largest absolute Gasteiger partial charge is 0.382 e. The first-order valence-electron chi connectivity index (χ1n) is 12.7. The predicted octanol–water partition coefficient (Wildman–Crippen LogP) is 3.72. The van der Waals surface area contributed by atoms with Crippen LogP contribution in [0.1, 0.15) is 49.2 Å². The van der Waals surface area contributed by atoms with Gasteiger partial charge in [0.15, 0.2) is 0 Å². The van der Waals surface area contributed by atoms with Gasteiger partial charge in [-0.3, -0.25) is 9.69 Å². The van der Waals surface area contributed by atoms with Gasteiger partial charge in [-0.1, -0.05) is 43.3 Å². The maximum Gasteiger partial charge on any atom is 0.220 e. The lowest BCUT2D eigenvalue weighted by atomic mass is 9.72. The first-order chi connectivity index (χ1) is 17.1. The third-order valence-corrected chi connectivity index (χ3v) is 7.90. The van der Waals surface area contributed by atoms with Crippen LogP contribution in [0.25, 0.3) is 11.0 Å². The highest BCUT2D eigenvalue weighted by Gasteiger charge is 2.54. The van der Waals surface area contributed by atoms with Gasteiger partial charge in [0.25, 0.3) is 0 Å². The van der Waals surface area contributed by atoms with E-state index in [0.29, 0.717) is 19.6 Å². The number of hydrogen-bond acceptors (Lipinski definition) is 5. The van der Waals surface area contributed by atoms with Crippen molar-refractivity contribution < 1.29 is 14.3 Å². The molecule has 0 unspecified atom stereocenters. The molecule has 5 rings (SSSR count). The highest BCUT2D eigenvalue weighted by Crippen LogP contribution is 2.52. The number of nitrogens with zero attached hydrogens (tertiary/aromatic N) is 3. The molecule has 0 saturated carbocycles. The SMILES string of the molecule is CCC(=O)N[C@@H]1c2ccccc2C2(CCN(Cc3nc4ccccc4n3C)CC2)[C@H]1OCCOC. The summed E-state index contributed by atoms with van der Waals surface area (Å²) in [7, 11) is 3.79. The Balaban J connectivity index is 1.39. The van der Waals surface area contributed by atoms with Crippen LogP contribution in [0.5, 0.6) is 0 Å². The molecule has 1 amide bonds. The highest BCUT2D eigenvalue weighted by atomic mass is 16.5. The number of rotatable bonds is 8. The van der Waals surface area contributed by atoms with Crippen molar-refractivity contribution in [3.63, 3.8) is 0 Å². The van der Waals surface area contributed by atoms with Crippen molar-refractivity contribution in [1.82, 2.24) is 19.8 Å². The third kappa shape index (κ3) is 4.37. The minimum atomic E-state index is -0.137. The molecule has 2 aromatic carbocycles. The standard InChI is InChI=1S/C28H36N4O3/c1-4-25(33)30-26-20-9-5-6-10-21(20)28(27(26)35-18-17-34-3)13-15-32(16-14-28)19-24-29-22-11-7-8-12-23(22)31(24)2/h5-12,26-27H,4,13-19H2,1-3H3,(H,30,33)/t26-,27+/m1/s1. The smallest absolute Gasteiger partial charge is 0.220 e. The lowest BCUT2D eigenvalue weighted by Crippen LogP contribution is -2.51. The van der Waals surface area contributed by atoms with Crippen molar-refractivity contribution in [2.75, 3.05) is 33.4 Å². The Kier molecular flexibility index (Phi) is 6.91. The van der Waals surface area contributed by atoms with Gasteiger partial charge in [0.05, 0.1) is 42.9 Å². The number of para-hydroxylation sites is 2. The normalized spacial score (nSPS) is 21.5. The van der Waals surface area contributed by atoms with Gasteiger partial charge < -0.3 is 19.4 Å². The number of aromatic nitrogens is 2. The molecule has 2 heterocycles. The second kappa shape index (κ2) is 10.1. The molecular formula is C28H36N4O3. The molecule has 1 saturated heterocycles. The van der Waals surface area contributed by atoms with Gasteiger partial charge in [0.1, 0.15) is 5.82 Å². The van der Waals surface area contributed by atoms with Gasteiger partial charge >= 0.3 is 0 Å². The molecule has 7 nitrogen and oxygen atoms in total. The molecule has 2 atom stereocenters. The summed E-state index contributed by atoms with van der Waals surface area (Å²) in [5, 5.41) is 3.28. The summed E-state index contributed by atoms with van der Waals surface area (Å²) in [6.07, 6.45) is 2.31. The van der Waals surface area contributed by atoms with E-state index in [-0.39, 0.29) is 23.5 Å². The zero-order valence-electron chi connectivity index (χ0n) is 21.0. The van der Waals surface area contributed by atoms with Crippen LogP contribution < -0.4 is 5.32 Å².